The summed E-state index contributed by atoms with van der Waals surface area (Å²) in [6.07, 6.45) is 1.58. The Morgan fingerprint density at radius 3 is 2.57 bits per heavy atom. The van der Waals surface area contributed by atoms with E-state index in [2.05, 4.69) is 15.3 Å². The number of amides is 1. The van der Waals surface area contributed by atoms with Gasteiger partial charge in [0, 0.05) is 12.7 Å². The molecule has 2 heterocycles. The summed E-state index contributed by atoms with van der Waals surface area (Å²) in [5.41, 5.74) is 5.57. The van der Waals surface area contributed by atoms with Crippen LogP contribution in [-0.2, 0) is 6.61 Å². The van der Waals surface area contributed by atoms with Crippen molar-refractivity contribution in [1.82, 2.24) is 19.7 Å². The van der Waals surface area contributed by atoms with E-state index in [1.165, 1.54) is 17.4 Å². The lowest BCUT2D eigenvalue weighted by atomic mass is 10.1. The van der Waals surface area contributed by atoms with Gasteiger partial charge in [0.05, 0.1) is 22.5 Å². The molecule has 7 nitrogen and oxygen atoms in total. The quantitative estimate of drug-likeness (QED) is 0.612. The molecule has 2 aromatic heterocycles. The largest absolute Gasteiger partial charge is 0.470 e. The molecule has 1 amide bonds. The number of carbonyl (C=O) groups excluding carboxylic acids is 1. The fraction of sp³-hybridized carbons (Fsp3) is 0.350. The highest BCUT2D eigenvalue weighted by atomic mass is 19.1. The minimum Gasteiger partial charge on any atom is -0.470 e. The number of nitrogens with one attached hydrogen (secondary N) is 1. The Balaban J connectivity index is 1.93. The number of alkyl halides is 1. The van der Waals surface area contributed by atoms with Gasteiger partial charge in [0.15, 0.2) is 0 Å². The molecule has 0 bridgehead atoms. The Hall–Kier alpha value is -3.14. The lowest BCUT2D eigenvalue weighted by molar-refractivity contribution is 0.0935. The average molecular weight is 421 g/mol. The van der Waals surface area contributed by atoms with Crippen LogP contribution in [0.5, 0.6) is 5.88 Å². The second-order valence-electron chi connectivity index (χ2n) is 7.39. The van der Waals surface area contributed by atoms with Crippen molar-refractivity contribution >= 4 is 11.6 Å². The summed E-state index contributed by atoms with van der Waals surface area (Å²) >= 11 is 0. The number of nitrogens with zero attached hydrogens (tertiary/aromatic N) is 3. The van der Waals surface area contributed by atoms with Crippen LogP contribution in [0.25, 0.3) is 5.65 Å². The van der Waals surface area contributed by atoms with Gasteiger partial charge < -0.3 is 15.8 Å². The maximum absolute atomic E-state index is 13.9. The number of imidazole rings is 1. The Morgan fingerprint density at radius 2 is 1.93 bits per heavy atom. The predicted octanol–water partition coefficient (Wildman–Crippen LogP) is 2.62. The van der Waals surface area contributed by atoms with Crippen LogP contribution in [-0.4, -0.2) is 39.0 Å². The second kappa shape index (κ2) is 8.31. The lowest BCUT2D eigenvalue weighted by Gasteiger charge is -2.20. The number of aryl methyl sites for hydroxylation is 2. The van der Waals surface area contributed by atoms with Gasteiger partial charge in [0.2, 0.25) is 5.65 Å². The second-order valence-corrected chi connectivity index (χ2v) is 7.39. The number of aromatic nitrogens is 3. The van der Waals surface area contributed by atoms with Gasteiger partial charge in [-0.2, -0.15) is 0 Å². The molecule has 0 saturated heterocycles. The molecular weight excluding hydrogens is 399 g/mol. The summed E-state index contributed by atoms with van der Waals surface area (Å²) in [6.45, 7) is 3.50. The van der Waals surface area contributed by atoms with E-state index in [1.54, 1.807) is 20.0 Å². The zero-order valence-corrected chi connectivity index (χ0v) is 16.8. The van der Waals surface area contributed by atoms with Crippen LogP contribution in [0.3, 0.4) is 0 Å². The number of fused-ring (bicyclic) bond motifs is 1. The van der Waals surface area contributed by atoms with E-state index in [-0.39, 0.29) is 29.3 Å². The van der Waals surface area contributed by atoms with Crippen molar-refractivity contribution in [2.24, 2.45) is 5.73 Å². The molecule has 0 spiro atoms. The third-order valence-electron chi connectivity index (χ3n) is 4.46. The highest BCUT2D eigenvalue weighted by molar-refractivity contribution is 5.95. The smallest absolute Gasteiger partial charge is 0.270 e. The maximum Gasteiger partial charge on any atom is 0.270 e. The van der Waals surface area contributed by atoms with E-state index in [0.29, 0.717) is 11.4 Å². The van der Waals surface area contributed by atoms with Gasteiger partial charge in [-0.15, -0.1) is 0 Å². The zero-order chi connectivity index (χ0) is 22.1. The summed E-state index contributed by atoms with van der Waals surface area (Å²) in [6, 6.07) is 3.52. The molecular formula is C20H22F3N5O2. The SMILES string of the molecule is Cc1cn2c(C(=O)NCC(C)(N)CF)c(C)nc2c(OCc2c(F)cccc2F)n1. The molecule has 0 fully saturated rings. The predicted molar refractivity (Wildman–Crippen MR) is 104 cm³/mol. The fourth-order valence-corrected chi connectivity index (χ4v) is 2.84. The molecule has 3 aromatic rings. The third-order valence-corrected chi connectivity index (χ3v) is 4.46. The zero-order valence-electron chi connectivity index (χ0n) is 16.8. The van der Waals surface area contributed by atoms with Crippen molar-refractivity contribution in [1.29, 1.82) is 0 Å². The van der Waals surface area contributed by atoms with Crippen molar-refractivity contribution in [2.75, 3.05) is 13.2 Å². The first-order valence-corrected chi connectivity index (χ1v) is 9.18. The number of ether oxygens (including phenoxy) is 1. The third kappa shape index (κ3) is 4.38. The molecule has 0 aliphatic heterocycles. The summed E-state index contributed by atoms with van der Waals surface area (Å²) in [4.78, 5) is 21.2. The Labute approximate surface area is 171 Å². The Kier molecular flexibility index (Phi) is 5.97. The van der Waals surface area contributed by atoms with Crippen molar-refractivity contribution in [3.05, 3.63) is 58.7 Å². The number of hydrogen-bond donors (Lipinski definition) is 2. The summed E-state index contributed by atoms with van der Waals surface area (Å²) in [5.74, 6) is -1.96. The normalized spacial score (nSPS) is 13.3. The van der Waals surface area contributed by atoms with Gasteiger partial charge in [-0.25, -0.2) is 23.1 Å². The van der Waals surface area contributed by atoms with Crippen LogP contribution in [0.1, 0.15) is 34.4 Å². The number of benzene rings is 1. The number of rotatable bonds is 7. The molecule has 0 radical (unpaired) electrons. The van der Waals surface area contributed by atoms with Crippen molar-refractivity contribution < 1.29 is 22.7 Å². The van der Waals surface area contributed by atoms with E-state index in [4.69, 9.17) is 10.5 Å². The monoisotopic (exact) mass is 421 g/mol. The first kappa shape index (κ1) is 21.6. The van der Waals surface area contributed by atoms with Gasteiger partial charge in [0.25, 0.3) is 11.8 Å². The van der Waals surface area contributed by atoms with Gasteiger partial charge in [0.1, 0.15) is 30.6 Å². The minimum absolute atomic E-state index is 0.0206. The number of halogens is 3. The van der Waals surface area contributed by atoms with Crippen LogP contribution in [0.2, 0.25) is 0 Å². The molecule has 1 unspecified atom stereocenters. The molecule has 10 heteroatoms. The van der Waals surface area contributed by atoms with Crippen molar-refractivity contribution in [2.45, 2.75) is 32.9 Å². The van der Waals surface area contributed by atoms with Gasteiger partial charge >= 0.3 is 0 Å². The molecule has 30 heavy (non-hydrogen) atoms. The maximum atomic E-state index is 13.9. The molecule has 3 rings (SSSR count). The number of carbonyl (C=O) groups is 1. The highest BCUT2D eigenvalue weighted by Gasteiger charge is 2.24. The number of nitrogens with two attached hydrogens (primary N) is 1. The summed E-state index contributed by atoms with van der Waals surface area (Å²) in [7, 11) is 0. The average Bonchev–Trinajstić information content (AvgIpc) is 3.01. The van der Waals surface area contributed by atoms with E-state index >= 15 is 0 Å². The first-order chi connectivity index (χ1) is 14.1. The molecule has 0 aliphatic carbocycles. The van der Waals surface area contributed by atoms with Crippen LogP contribution >= 0.6 is 0 Å². The van der Waals surface area contributed by atoms with Crippen LogP contribution < -0.4 is 15.8 Å². The summed E-state index contributed by atoms with van der Waals surface area (Å²) in [5, 5.41) is 2.60. The Bertz CT molecular complexity index is 1080. The highest BCUT2D eigenvalue weighted by Crippen LogP contribution is 2.23. The number of hydrogen-bond acceptors (Lipinski definition) is 5. The molecule has 1 atom stereocenters. The Morgan fingerprint density at radius 1 is 1.27 bits per heavy atom. The standard InChI is InChI=1S/C20H22F3N5O2/c1-11-7-28-16(18(29)25-10-20(3,24)9-21)12(2)27-17(28)19(26-11)30-8-13-14(22)5-4-6-15(13)23/h4-7H,8-10,24H2,1-3H3,(H,25,29). The van der Waals surface area contributed by atoms with Gasteiger partial charge in [-0.3, -0.25) is 9.20 Å². The van der Waals surface area contributed by atoms with Crippen LogP contribution in [0, 0.1) is 25.5 Å². The van der Waals surface area contributed by atoms with E-state index < -0.39 is 36.4 Å². The molecule has 0 saturated carbocycles. The van der Waals surface area contributed by atoms with Gasteiger partial charge in [-0.1, -0.05) is 6.07 Å². The first-order valence-electron chi connectivity index (χ1n) is 9.18. The van der Waals surface area contributed by atoms with Crippen molar-refractivity contribution in [3.63, 3.8) is 0 Å². The van der Waals surface area contributed by atoms with E-state index in [0.717, 1.165) is 12.1 Å². The minimum atomic E-state index is -1.19. The van der Waals surface area contributed by atoms with Gasteiger partial charge in [-0.05, 0) is 32.9 Å². The van der Waals surface area contributed by atoms with E-state index in [1.807, 2.05) is 0 Å². The topological polar surface area (TPSA) is 94.5 Å². The molecule has 3 N–H and O–H groups in total. The van der Waals surface area contributed by atoms with Crippen LogP contribution in [0.4, 0.5) is 13.2 Å². The summed E-state index contributed by atoms with van der Waals surface area (Å²) < 4.78 is 47.7. The molecule has 0 aliphatic rings. The molecule has 1 aromatic carbocycles. The molecule has 160 valence electrons. The van der Waals surface area contributed by atoms with E-state index in [9.17, 15) is 18.0 Å². The lowest BCUT2D eigenvalue weighted by Crippen LogP contribution is -2.49. The van der Waals surface area contributed by atoms with Crippen LogP contribution in [0.15, 0.2) is 24.4 Å². The fourth-order valence-electron chi connectivity index (χ4n) is 2.84. The van der Waals surface area contributed by atoms with Crippen molar-refractivity contribution in [3.8, 4) is 5.88 Å².